The fourth-order valence-corrected chi connectivity index (χ4v) is 2.48. The van der Waals surface area contributed by atoms with Crippen LogP contribution in [0.5, 0.6) is 0 Å². The molecule has 1 aliphatic rings. The summed E-state index contributed by atoms with van der Waals surface area (Å²) in [5, 5.41) is 0. The lowest BCUT2D eigenvalue weighted by Crippen LogP contribution is -2.39. The number of halogens is 2. The van der Waals surface area contributed by atoms with E-state index in [1.54, 1.807) is 19.1 Å². The molecule has 0 heterocycles. The van der Waals surface area contributed by atoms with Crippen molar-refractivity contribution in [1.29, 1.82) is 0 Å². The topological polar surface area (TPSA) is 26.0 Å². The van der Waals surface area contributed by atoms with Crippen LogP contribution >= 0.6 is 0 Å². The van der Waals surface area contributed by atoms with E-state index in [1.165, 1.54) is 0 Å². The van der Waals surface area contributed by atoms with Gasteiger partial charge in [0.15, 0.2) is 11.6 Å². The summed E-state index contributed by atoms with van der Waals surface area (Å²) in [7, 11) is 0. The average molecular weight is 225 g/mol. The molecule has 2 rings (SSSR count). The minimum Gasteiger partial charge on any atom is -0.321 e. The highest BCUT2D eigenvalue weighted by Gasteiger charge is 2.33. The molecule has 0 amide bonds. The molecule has 0 spiro atoms. The maximum Gasteiger partial charge on any atom is 0.164 e. The van der Waals surface area contributed by atoms with Gasteiger partial charge in [-0.15, -0.1) is 0 Å². The molecule has 1 fully saturated rings. The van der Waals surface area contributed by atoms with E-state index in [2.05, 4.69) is 0 Å². The monoisotopic (exact) mass is 225 g/mol. The standard InChI is InChI=1S/C13H17F2N/c1-9-5-6-10(12(15)11(9)14)13(16)7-3-2-4-8-13/h5-6H,2-4,7-8,16H2,1H3. The van der Waals surface area contributed by atoms with Crippen molar-refractivity contribution in [3.8, 4) is 0 Å². The second-order valence-electron chi connectivity index (χ2n) is 4.77. The van der Waals surface area contributed by atoms with Gasteiger partial charge in [-0.05, 0) is 25.3 Å². The minimum atomic E-state index is -0.760. The first-order valence-electron chi connectivity index (χ1n) is 5.78. The summed E-state index contributed by atoms with van der Waals surface area (Å²) >= 11 is 0. The van der Waals surface area contributed by atoms with Gasteiger partial charge in [0.2, 0.25) is 0 Å². The molecular formula is C13H17F2N. The van der Waals surface area contributed by atoms with Gasteiger partial charge in [0, 0.05) is 11.1 Å². The molecular weight excluding hydrogens is 208 g/mol. The van der Waals surface area contributed by atoms with Gasteiger partial charge in [0.05, 0.1) is 0 Å². The first kappa shape index (κ1) is 11.5. The highest BCUT2D eigenvalue weighted by molar-refractivity contribution is 5.31. The fourth-order valence-electron chi connectivity index (χ4n) is 2.48. The lowest BCUT2D eigenvalue weighted by atomic mass is 9.77. The number of aryl methyl sites for hydroxylation is 1. The molecule has 16 heavy (non-hydrogen) atoms. The summed E-state index contributed by atoms with van der Waals surface area (Å²) < 4.78 is 27.3. The molecule has 1 saturated carbocycles. The molecule has 1 nitrogen and oxygen atoms in total. The molecule has 1 aromatic rings. The SMILES string of the molecule is Cc1ccc(C2(N)CCCCC2)c(F)c1F. The van der Waals surface area contributed by atoms with Crippen LogP contribution in [0.3, 0.4) is 0 Å². The number of hydrogen-bond acceptors (Lipinski definition) is 1. The lowest BCUT2D eigenvalue weighted by Gasteiger charge is -2.34. The number of benzene rings is 1. The Morgan fingerprint density at radius 2 is 1.69 bits per heavy atom. The molecule has 0 aromatic heterocycles. The Kier molecular flexibility index (Phi) is 2.98. The van der Waals surface area contributed by atoms with E-state index in [-0.39, 0.29) is 0 Å². The van der Waals surface area contributed by atoms with Crippen LogP contribution in [0.1, 0.15) is 43.2 Å². The maximum atomic E-state index is 13.8. The van der Waals surface area contributed by atoms with Crippen LogP contribution in [-0.2, 0) is 5.54 Å². The Bertz CT molecular complexity index is 395. The highest BCUT2D eigenvalue weighted by atomic mass is 19.2. The Hall–Kier alpha value is -0.960. The van der Waals surface area contributed by atoms with E-state index < -0.39 is 17.2 Å². The zero-order valence-electron chi connectivity index (χ0n) is 9.52. The summed E-state index contributed by atoms with van der Waals surface area (Å²) in [5.41, 5.74) is 6.20. The molecule has 0 unspecified atom stereocenters. The summed E-state index contributed by atoms with van der Waals surface area (Å²) in [6.45, 7) is 1.56. The zero-order chi connectivity index (χ0) is 11.8. The Labute approximate surface area is 94.7 Å². The van der Waals surface area contributed by atoms with Crippen LogP contribution in [0, 0.1) is 18.6 Å². The van der Waals surface area contributed by atoms with Crippen LogP contribution in [-0.4, -0.2) is 0 Å². The van der Waals surface area contributed by atoms with Crippen LogP contribution in [0.25, 0.3) is 0 Å². The highest BCUT2D eigenvalue weighted by Crippen LogP contribution is 2.36. The van der Waals surface area contributed by atoms with Crippen LogP contribution in [0.2, 0.25) is 0 Å². The van der Waals surface area contributed by atoms with Crippen molar-refractivity contribution < 1.29 is 8.78 Å². The van der Waals surface area contributed by atoms with Gasteiger partial charge < -0.3 is 5.73 Å². The normalized spacial score (nSPS) is 19.8. The van der Waals surface area contributed by atoms with Gasteiger partial charge in [0.1, 0.15) is 0 Å². The van der Waals surface area contributed by atoms with Crippen molar-refractivity contribution in [2.75, 3.05) is 0 Å². The molecule has 1 aromatic carbocycles. The zero-order valence-corrected chi connectivity index (χ0v) is 9.52. The third-order valence-electron chi connectivity index (χ3n) is 3.56. The summed E-state index contributed by atoms with van der Waals surface area (Å²) in [6.07, 6.45) is 4.60. The molecule has 0 radical (unpaired) electrons. The molecule has 0 atom stereocenters. The summed E-state index contributed by atoms with van der Waals surface area (Å²) in [4.78, 5) is 0. The second-order valence-corrected chi connectivity index (χ2v) is 4.77. The van der Waals surface area contributed by atoms with Gasteiger partial charge in [-0.25, -0.2) is 8.78 Å². The average Bonchev–Trinajstić information content (AvgIpc) is 2.27. The van der Waals surface area contributed by atoms with E-state index in [0.29, 0.717) is 11.1 Å². The largest absolute Gasteiger partial charge is 0.321 e. The molecule has 0 saturated heterocycles. The third-order valence-corrected chi connectivity index (χ3v) is 3.56. The molecule has 0 bridgehead atoms. The van der Waals surface area contributed by atoms with Gasteiger partial charge in [-0.1, -0.05) is 31.4 Å². The molecule has 1 aliphatic carbocycles. The third kappa shape index (κ3) is 1.84. The van der Waals surface area contributed by atoms with E-state index >= 15 is 0 Å². The van der Waals surface area contributed by atoms with Gasteiger partial charge in [-0.3, -0.25) is 0 Å². The van der Waals surface area contributed by atoms with Crippen molar-refractivity contribution in [3.63, 3.8) is 0 Å². The van der Waals surface area contributed by atoms with Crippen molar-refractivity contribution in [1.82, 2.24) is 0 Å². The molecule has 88 valence electrons. The number of hydrogen-bond donors (Lipinski definition) is 1. The quantitative estimate of drug-likeness (QED) is 0.779. The van der Waals surface area contributed by atoms with Crippen LogP contribution in [0.15, 0.2) is 12.1 Å². The van der Waals surface area contributed by atoms with E-state index in [1.807, 2.05) is 0 Å². The Balaban J connectivity index is 2.43. The summed E-state index contributed by atoms with van der Waals surface area (Å²) in [6, 6.07) is 3.25. The van der Waals surface area contributed by atoms with Gasteiger partial charge in [0.25, 0.3) is 0 Å². The maximum absolute atomic E-state index is 13.8. The van der Waals surface area contributed by atoms with Crippen molar-refractivity contribution >= 4 is 0 Å². The Morgan fingerprint density at radius 3 is 2.31 bits per heavy atom. The van der Waals surface area contributed by atoms with Crippen LogP contribution < -0.4 is 5.73 Å². The van der Waals surface area contributed by atoms with Crippen molar-refractivity contribution in [3.05, 3.63) is 34.9 Å². The number of rotatable bonds is 1. The fraction of sp³-hybridized carbons (Fsp3) is 0.538. The van der Waals surface area contributed by atoms with Crippen molar-refractivity contribution in [2.45, 2.75) is 44.6 Å². The lowest BCUT2D eigenvalue weighted by molar-refractivity contribution is 0.289. The summed E-state index contributed by atoms with van der Waals surface area (Å²) in [5.74, 6) is -1.52. The van der Waals surface area contributed by atoms with E-state index in [0.717, 1.165) is 32.1 Å². The Morgan fingerprint density at radius 1 is 1.06 bits per heavy atom. The van der Waals surface area contributed by atoms with Crippen molar-refractivity contribution in [2.24, 2.45) is 5.73 Å². The number of nitrogens with two attached hydrogens (primary N) is 1. The first-order valence-corrected chi connectivity index (χ1v) is 5.78. The molecule has 2 N–H and O–H groups in total. The van der Waals surface area contributed by atoms with Gasteiger partial charge >= 0.3 is 0 Å². The van der Waals surface area contributed by atoms with E-state index in [9.17, 15) is 8.78 Å². The molecule has 0 aliphatic heterocycles. The van der Waals surface area contributed by atoms with Gasteiger partial charge in [-0.2, -0.15) is 0 Å². The minimum absolute atomic E-state index is 0.334. The van der Waals surface area contributed by atoms with Crippen LogP contribution in [0.4, 0.5) is 8.78 Å². The van der Waals surface area contributed by atoms with E-state index in [4.69, 9.17) is 5.73 Å². The predicted octanol–water partition coefficient (Wildman–Crippen LogP) is 3.39. The second kappa shape index (κ2) is 4.13. The molecule has 3 heteroatoms. The first-order chi connectivity index (χ1) is 7.54. The smallest absolute Gasteiger partial charge is 0.164 e. The predicted molar refractivity (Wildman–Crippen MR) is 60.0 cm³/mol.